The molecule has 1 aliphatic heterocycles. The number of amides is 1. The number of carbonyl (C=O) groups is 1. The van der Waals surface area contributed by atoms with Gasteiger partial charge in [0.2, 0.25) is 15.9 Å². The summed E-state index contributed by atoms with van der Waals surface area (Å²) in [4.78, 5) is 13.6. The summed E-state index contributed by atoms with van der Waals surface area (Å²) in [6, 6.07) is 4.57. The van der Waals surface area contributed by atoms with Crippen LogP contribution in [0.25, 0.3) is 0 Å². The van der Waals surface area contributed by atoms with Gasteiger partial charge in [0.15, 0.2) is 0 Å². The lowest BCUT2D eigenvalue weighted by atomic mass is 9.89. The Balaban J connectivity index is 2.30. The first-order chi connectivity index (χ1) is 9.69. The van der Waals surface area contributed by atoms with Crippen molar-refractivity contribution in [2.24, 2.45) is 11.1 Å². The van der Waals surface area contributed by atoms with Gasteiger partial charge in [-0.1, -0.05) is 0 Å². The summed E-state index contributed by atoms with van der Waals surface area (Å²) in [6.07, 6.45) is 0.651. The zero-order chi connectivity index (χ0) is 15.8. The van der Waals surface area contributed by atoms with E-state index < -0.39 is 15.4 Å². The highest BCUT2D eigenvalue weighted by Crippen LogP contribution is 2.36. The third-order valence-electron chi connectivity index (χ3n) is 3.99. The van der Waals surface area contributed by atoms with Gasteiger partial charge in [-0.3, -0.25) is 4.79 Å². The summed E-state index contributed by atoms with van der Waals surface area (Å²) in [5, 5.41) is 0. The molecule has 116 valence electrons. The number of carbonyl (C=O) groups excluding carboxylic acids is 1. The molecule has 1 aromatic rings. The van der Waals surface area contributed by atoms with Crippen molar-refractivity contribution in [1.29, 1.82) is 0 Å². The van der Waals surface area contributed by atoms with Gasteiger partial charge < -0.3 is 16.4 Å². The molecule has 8 heteroatoms. The molecule has 1 aliphatic rings. The van der Waals surface area contributed by atoms with Gasteiger partial charge >= 0.3 is 0 Å². The van der Waals surface area contributed by atoms with Crippen molar-refractivity contribution in [2.75, 3.05) is 30.8 Å². The van der Waals surface area contributed by atoms with Crippen LogP contribution < -0.4 is 21.1 Å². The van der Waals surface area contributed by atoms with Crippen molar-refractivity contribution in [1.82, 2.24) is 4.72 Å². The zero-order valence-electron chi connectivity index (χ0n) is 12.1. The number of nitrogens with zero attached hydrogens (tertiary/aromatic N) is 1. The predicted octanol–water partition coefficient (Wildman–Crippen LogP) is -0.121. The maximum atomic E-state index is 11.7. The average Bonchev–Trinajstić information content (AvgIpc) is 2.82. The van der Waals surface area contributed by atoms with E-state index in [1.165, 1.54) is 19.2 Å². The van der Waals surface area contributed by atoms with E-state index in [1.807, 2.05) is 11.8 Å². The van der Waals surface area contributed by atoms with Crippen LogP contribution in [0.4, 0.5) is 11.4 Å². The molecule has 1 unspecified atom stereocenters. The molecular formula is C13H20N4O3S. The number of rotatable bonds is 4. The Morgan fingerprint density at radius 1 is 1.43 bits per heavy atom. The Bertz CT molecular complexity index is 674. The molecule has 0 spiro atoms. The van der Waals surface area contributed by atoms with Gasteiger partial charge in [-0.2, -0.15) is 0 Å². The smallest absolute Gasteiger partial charge is 0.240 e. The van der Waals surface area contributed by atoms with Crippen LogP contribution in [0, 0.1) is 5.41 Å². The highest BCUT2D eigenvalue weighted by atomic mass is 32.2. The number of nitrogens with two attached hydrogens (primary N) is 2. The minimum absolute atomic E-state index is 0.114. The molecule has 0 aromatic heterocycles. The largest absolute Gasteiger partial charge is 0.397 e. The van der Waals surface area contributed by atoms with Crippen LogP contribution in [-0.2, 0) is 14.8 Å². The monoisotopic (exact) mass is 312 g/mol. The van der Waals surface area contributed by atoms with Crippen molar-refractivity contribution in [3.8, 4) is 0 Å². The number of nitrogen functional groups attached to an aromatic ring is 1. The molecule has 0 radical (unpaired) electrons. The molecule has 1 aromatic carbocycles. The summed E-state index contributed by atoms with van der Waals surface area (Å²) >= 11 is 0. The van der Waals surface area contributed by atoms with Crippen molar-refractivity contribution in [3.05, 3.63) is 18.2 Å². The van der Waals surface area contributed by atoms with E-state index in [0.717, 1.165) is 5.69 Å². The molecule has 0 saturated carbocycles. The van der Waals surface area contributed by atoms with Crippen LogP contribution in [0.1, 0.15) is 13.3 Å². The second-order valence-corrected chi connectivity index (χ2v) is 7.41. The first-order valence-corrected chi connectivity index (χ1v) is 8.06. The van der Waals surface area contributed by atoms with E-state index in [9.17, 15) is 13.2 Å². The van der Waals surface area contributed by atoms with Gasteiger partial charge in [-0.15, -0.1) is 0 Å². The number of hydrogen-bond donors (Lipinski definition) is 3. The second kappa shape index (κ2) is 5.19. The van der Waals surface area contributed by atoms with Crippen LogP contribution in [-0.4, -0.2) is 34.5 Å². The van der Waals surface area contributed by atoms with Crippen LogP contribution in [0.2, 0.25) is 0 Å². The zero-order valence-corrected chi connectivity index (χ0v) is 12.9. The lowest BCUT2D eigenvalue weighted by Crippen LogP contribution is -2.37. The summed E-state index contributed by atoms with van der Waals surface area (Å²) in [6.45, 7) is 2.96. The van der Waals surface area contributed by atoms with Crippen LogP contribution >= 0.6 is 0 Å². The van der Waals surface area contributed by atoms with E-state index >= 15 is 0 Å². The van der Waals surface area contributed by atoms with Crippen molar-refractivity contribution < 1.29 is 13.2 Å². The van der Waals surface area contributed by atoms with Gasteiger partial charge in [-0.25, -0.2) is 13.1 Å². The molecule has 0 aliphatic carbocycles. The van der Waals surface area contributed by atoms with Crippen LogP contribution in [0.5, 0.6) is 0 Å². The highest BCUT2D eigenvalue weighted by Gasteiger charge is 2.39. The third-order valence-corrected chi connectivity index (χ3v) is 5.40. The molecule has 2 rings (SSSR count). The molecule has 5 N–H and O–H groups in total. The molecule has 1 amide bonds. The van der Waals surface area contributed by atoms with Gasteiger partial charge in [0, 0.05) is 13.1 Å². The summed E-state index contributed by atoms with van der Waals surface area (Å²) in [5.74, 6) is -0.335. The first kappa shape index (κ1) is 15.6. The Morgan fingerprint density at radius 3 is 2.57 bits per heavy atom. The number of benzene rings is 1. The van der Waals surface area contributed by atoms with E-state index in [-0.39, 0.29) is 10.8 Å². The Labute approximate surface area is 124 Å². The number of sulfonamides is 1. The Kier molecular flexibility index (Phi) is 3.85. The first-order valence-electron chi connectivity index (χ1n) is 6.57. The lowest BCUT2D eigenvalue weighted by Gasteiger charge is -2.24. The fourth-order valence-corrected chi connectivity index (χ4v) is 3.24. The topological polar surface area (TPSA) is 119 Å². The number of anilines is 2. The van der Waals surface area contributed by atoms with E-state index in [2.05, 4.69) is 4.72 Å². The van der Waals surface area contributed by atoms with Crippen LogP contribution in [0.15, 0.2) is 23.1 Å². The van der Waals surface area contributed by atoms with E-state index in [0.29, 0.717) is 25.2 Å². The summed E-state index contributed by atoms with van der Waals surface area (Å²) < 4.78 is 25.7. The Hall–Kier alpha value is -1.80. The fraction of sp³-hybridized carbons (Fsp3) is 0.462. The SMILES string of the molecule is CNS(=O)(=O)c1ccc(N2CCC(C)(C(N)=O)C2)c(N)c1. The molecule has 7 nitrogen and oxygen atoms in total. The predicted molar refractivity (Wildman–Crippen MR) is 81.2 cm³/mol. The number of primary amides is 1. The van der Waals surface area contributed by atoms with Crippen molar-refractivity contribution in [2.45, 2.75) is 18.2 Å². The lowest BCUT2D eigenvalue weighted by molar-refractivity contribution is -0.125. The van der Waals surface area contributed by atoms with E-state index in [4.69, 9.17) is 11.5 Å². The van der Waals surface area contributed by atoms with Gasteiger partial charge in [0.25, 0.3) is 0 Å². The summed E-state index contributed by atoms with van der Waals surface area (Å²) in [5.41, 5.74) is 11.9. The third kappa shape index (κ3) is 2.81. The molecule has 1 heterocycles. The summed E-state index contributed by atoms with van der Waals surface area (Å²) in [7, 11) is -2.17. The second-order valence-electron chi connectivity index (χ2n) is 5.52. The molecular weight excluding hydrogens is 292 g/mol. The normalized spacial score (nSPS) is 22.5. The fourth-order valence-electron chi connectivity index (χ4n) is 2.47. The Morgan fingerprint density at radius 2 is 2.10 bits per heavy atom. The molecule has 21 heavy (non-hydrogen) atoms. The number of nitrogens with one attached hydrogen (secondary N) is 1. The van der Waals surface area contributed by atoms with Gasteiger partial charge in [0.05, 0.1) is 21.7 Å². The van der Waals surface area contributed by atoms with Crippen LogP contribution in [0.3, 0.4) is 0 Å². The maximum Gasteiger partial charge on any atom is 0.240 e. The minimum Gasteiger partial charge on any atom is -0.397 e. The molecule has 1 fully saturated rings. The van der Waals surface area contributed by atoms with Crippen molar-refractivity contribution in [3.63, 3.8) is 0 Å². The van der Waals surface area contributed by atoms with Gasteiger partial charge in [0.1, 0.15) is 0 Å². The molecule has 1 saturated heterocycles. The average molecular weight is 312 g/mol. The minimum atomic E-state index is -3.52. The standard InChI is InChI=1S/C13H20N4O3S/c1-13(12(15)18)5-6-17(8-13)11-4-3-9(7-10(11)14)21(19,20)16-2/h3-4,7,16H,5-6,8,14H2,1-2H3,(H2,15,18). The molecule has 0 bridgehead atoms. The van der Waals surface area contributed by atoms with Gasteiger partial charge in [-0.05, 0) is 38.6 Å². The van der Waals surface area contributed by atoms with Crippen molar-refractivity contribution >= 4 is 27.3 Å². The number of hydrogen-bond acceptors (Lipinski definition) is 5. The van der Waals surface area contributed by atoms with E-state index in [1.54, 1.807) is 6.07 Å². The quantitative estimate of drug-likeness (QED) is 0.670. The maximum absolute atomic E-state index is 11.7. The highest BCUT2D eigenvalue weighted by molar-refractivity contribution is 7.89. The molecule has 1 atom stereocenters.